The number of hydrogen-bond donors (Lipinski definition) is 1. The van der Waals surface area contributed by atoms with Crippen LogP contribution in [0.4, 0.5) is 0 Å². The lowest BCUT2D eigenvalue weighted by Crippen LogP contribution is -2.35. The highest BCUT2D eigenvalue weighted by Gasteiger charge is 2.34. The number of rotatable bonds is 3. The standard InChI is InChI=1S/C20H24ClNO3/c1-13-19(20(24)25-14-8-4-2-3-5-9-14)16(12-18(23)22-13)15-10-6-7-11-17(15)21/h6-7,10-11,14,16H,2-5,8-9,12H2,1H3,(H,22,23)/t16-/m0/s1. The second-order valence-electron chi connectivity index (χ2n) is 6.88. The van der Waals surface area contributed by atoms with Crippen LogP contribution in [0.2, 0.25) is 5.02 Å². The van der Waals surface area contributed by atoms with Gasteiger partial charge in [-0.1, -0.05) is 42.6 Å². The zero-order valence-corrected chi connectivity index (χ0v) is 15.3. The molecule has 3 rings (SSSR count). The van der Waals surface area contributed by atoms with E-state index >= 15 is 0 Å². The highest BCUT2D eigenvalue weighted by atomic mass is 35.5. The number of benzene rings is 1. The first-order chi connectivity index (χ1) is 12.1. The summed E-state index contributed by atoms with van der Waals surface area (Å²) < 4.78 is 5.82. The Kier molecular flexibility index (Phi) is 5.79. The summed E-state index contributed by atoms with van der Waals surface area (Å²) in [7, 11) is 0. The Morgan fingerprint density at radius 1 is 1.16 bits per heavy atom. The molecule has 1 saturated carbocycles. The first-order valence-electron chi connectivity index (χ1n) is 9.02. The zero-order chi connectivity index (χ0) is 17.8. The van der Waals surface area contributed by atoms with Crippen LogP contribution in [-0.4, -0.2) is 18.0 Å². The van der Waals surface area contributed by atoms with Crippen molar-refractivity contribution >= 4 is 23.5 Å². The fourth-order valence-corrected chi connectivity index (χ4v) is 4.04. The summed E-state index contributed by atoms with van der Waals surface area (Å²) in [4.78, 5) is 24.9. The summed E-state index contributed by atoms with van der Waals surface area (Å²) in [6.45, 7) is 1.75. The van der Waals surface area contributed by atoms with Gasteiger partial charge < -0.3 is 10.1 Å². The molecule has 5 heteroatoms. The van der Waals surface area contributed by atoms with Crippen LogP contribution in [0.1, 0.15) is 63.4 Å². The summed E-state index contributed by atoms with van der Waals surface area (Å²) in [5.41, 5.74) is 1.89. The summed E-state index contributed by atoms with van der Waals surface area (Å²) >= 11 is 6.33. The molecule has 1 aliphatic heterocycles. The topological polar surface area (TPSA) is 55.4 Å². The lowest BCUT2D eigenvalue weighted by atomic mass is 9.84. The van der Waals surface area contributed by atoms with Crippen LogP contribution in [-0.2, 0) is 14.3 Å². The van der Waals surface area contributed by atoms with Crippen molar-refractivity contribution in [3.8, 4) is 0 Å². The molecule has 1 atom stereocenters. The average Bonchev–Trinajstić information content (AvgIpc) is 2.83. The van der Waals surface area contributed by atoms with E-state index in [-0.39, 0.29) is 30.3 Å². The minimum absolute atomic E-state index is 0.0279. The van der Waals surface area contributed by atoms with Gasteiger partial charge in [-0.2, -0.15) is 0 Å². The lowest BCUT2D eigenvalue weighted by Gasteiger charge is -2.28. The number of carbonyl (C=O) groups is 2. The van der Waals surface area contributed by atoms with E-state index in [0.717, 1.165) is 31.2 Å². The number of nitrogens with one attached hydrogen (secondary N) is 1. The van der Waals surface area contributed by atoms with E-state index in [1.54, 1.807) is 13.0 Å². The Hall–Kier alpha value is -1.81. The Labute approximate surface area is 153 Å². The minimum Gasteiger partial charge on any atom is -0.459 e. The lowest BCUT2D eigenvalue weighted by molar-refractivity contribution is -0.145. The van der Waals surface area contributed by atoms with Gasteiger partial charge in [-0.05, 0) is 44.2 Å². The monoisotopic (exact) mass is 361 g/mol. The molecule has 0 saturated heterocycles. The zero-order valence-electron chi connectivity index (χ0n) is 14.5. The molecule has 25 heavy (non-hydrogen) atoms. The number of esters is 1. The van der Waals surface area contributed by atoms with E-state index in [2.05, 4.69) is 5.32 Å². The van der Waals surface area contributed by atoms with Gasteiger partial charge in [0.25, 0.3) is 0 Å². The molecule has 0 aromatic heterocycles. The van der Waals surface area contributed by atoms with E-state index in [1.165, 1.54) is 12.8 Å². The van der Waals surface area contributed by atoms with Gasteiger partial charge in [0, 0.05) is 23.1 Å². The minimum atomic E-state index is -0.360. The molecular formula is C20H24ClNO3. The predicted octanol–water partition coefficient (Wildman–Crippen LogP) is 4.48. The van der Waals surface area contributed by atoms with Crippen LogP contribution in [0.25, 0.3) is 0 Å². The normalized spacial score (nSPS) is 22.3. The van der Waals surface area contributed by atoms with E-state index in [4.69, 9.17) is 16.3 Å². The molecule has 4 nitrogen and oxygen atoms in total. The molecular weight excluding hydrogens is 338 g/mol. The van der Waals surface area contributed by atoms with Crippen molar-refractivity contribution in [2.75, 3.05) is 0 Å². The Morgan fingerprint density at radius 2 is 1.84 bits per heavy atom. The van der Waals surface area contributed by atoms with Crippen molar-refractivity contribution in [3.05, 3.63) is 46.1 Å². The maximum absolute atomic E-state index is 12.9. The summed E-state index contributed by atoms with van der Waals surface area (Å²) in [5, 5.41) is 3.34. The second-order valence-corrected chi connectivity index (χ2v) is 7.29. The van der Waals surface area contributed by atoms with Crippen LogP contribution in [0.3, 0.4) is 0 Å². The first kappa shape index (κ1) is 18.0. The smallest absolute Gasteiger partial charge is 0.336 e. The summed E-state index contributed by atoms with van der Waals surface area (Å²) in [6.07, 6.45) is 6.61. The number of allylic oxidation sites excluding steroid dienone is 1. The highest BCUT2D eigenvalue weighted by molar-refractivity contribution is 6.31. The number of hydrogen-bond acceptors (Lipinski definition) is 3. The molecule has 2 aliphatic rings. The summed E-state index contributed by atoms with van der Waals surface area (Å²) in [5.74, 6) is -0.788. The number of amides is 1. The van der Waals surface area contributed by atoms with Crippen LogP contribution in [0.15, 0.2) is 35.5 Å². The third-order valence-corrected chi connectivity index (χ3v) is 5.39. The summed E-state index contributed by atoms with van der Waals surface area (Å²) in [6, 6.07) is 7.37. The molecule has 1 amide bonds. The highest BCUT2D eigenvalue weighted by Crippen LogP contribution is 2.37. The molecule has 1 aliphatic carbocycles. The van der Waals surface area contributed by atoms with Crippen molar-refractivity contribution in [1.29, 1.82) is 0 Å². The molecule has 0 spiro atoms. The molecule has 1 N–H and O–H groups in total. The van der Waals surface area contributed by atoms with Gasteiger partial charge >= 0.3 is 5.97 Å². The van der Waals surface area contributed by atoms with Gasteiger partial charge in [0.1, 0.15) is 6.10 Å². The second kappa shape index (κ2) is 8.05. The third kappa shape index (κ3) is 4.24. The van der Waals surface area contributed by atoms with Gasteiger partial charge in [-0.3, -0.25) is 4.79 Å². The van der Waals surface area contributed by atoms with Crippen molar-refractivity contribution in [3.63, 3.8) is 0 Å². The number of halogens is 1. The Morgan fingerprint density at radius 3 is 2.52 bits per heavy atom. The van der Waals surface area contributed by atoms with E-state index < -0.39 is 0 Å². The van der Waals surface area contributed by atoms with Gasteiger partial charge in [-0.25, -0.2) is 4.79 Å². The fraction of sp³-hybridized carbons (Fsp3) is 0.500. The van der Waals surface area contributed by atoms with Crippen molar-refractivity contribution in [1.82, 2.24) is 5.32 Å². The maximum atomic E-state index is 12.9. The van der Waals surface area contributed by atoms with Crippen LogP contribution >= 0.6 is 11.6 Å². The predicted molar refractivity (Wildman–Crippen MR) is 97.2 cm³/mol. The van der Waals surface area contributed by atoms with Crippen molar-refractivity contribution in [2.45, 2.75) is 63.9 Å². The fourth-order valence-electron chi connectivity index (χ4n) is 3.77. The Balaban J connectivity index is 1.87. The molecule has 0 bridgehead atoms. The first-order valence-corrected chi connectivity index (χ1v) is 9.40. The van der Waals surface area contributed by atoms with Crippen molar-refractivity contribution < 1.29 is 14.3 Å². The van der Waals surface area contributed by atoms with Gasteiger partial charge in [0.15, 0.2) is 0 Å². The van der Waals surface area contributed by atoms with Gasteiger partial charge in [0.05, 0.1) is 5.57 Å². The third-order valence-electron chi connectivity index (χ3n) is 5.05. The average molecular weight is 362 g/mol. The largest absolute Gasteiger partial charge is 0.459 e. The number of carbonyl (C=O) groups excluding carboxylic acids is 2. The van der Waals surface area contributed by atoms with E-state index in [0.29, 0.717) is 16.3 Å². The van der Waals surface area contributed by atoms with Crippen molar-refractivity contribution in [2.24, 2.45) is 0 Å². The molecule has 1 heterocycles. The maximum Gasteiger partial charge on any atom is 0.336 e. The molecule has 134 valence electrons. The molecule has 0 unspecified atom stereocenters. The van der Waals surface area contributed by atoms with Crippen LogP contribution in [0, 0.1) is 0 Å². The molecule has 1 fully saturated rings. The van der Waals surface area contributed by atoms with E-state index in [1.807, 2.05) is 18.2 Å². The molecule has 1 aromatic carbocycles. The molecule has 0 radical (unpaired) electrons. The van der Waals surface area contributed by atoms with Crippen LogP contribution < -0.4 is 5.32 Å². The van der Waals surface area contributed by atoms with Gasteiger partial charge in [-0.15, -0.1) is 0 Å². The van der Waals surface area contributed by atoms with E-state index in [9.17, 15) is 9.59 Å². The SMILES string of the molecule is CC1=C(C(=O)OC2CCCCCC2)[C@H](c2ccccc2Cl)CC(=O)N1. The van der Waals surface area contributed by atoms with Crippen LogP contribution in [0.5, 0.6) is 0 Å². The van der Waals surface area contributed by atoms with Gasteiger partial charge in [0.2, 0.25) is 5.91 Å². The number of ether oxygens (including phenoxy) is 1. The Bertz CT molecular complexity index is 690. The molecule has 1 aromatic rings. The quantitative estimate of drug-likeness (QED) is 0.637.